The van der Waals surface area contributed by atoms with E-state index in [1.54, 1.807) is 0 Å². The smallest absolute Gasteiger partial charge is 0.348 e. The first-order chi connectivity index (χ1) is 11.4. The Hall–Kier alpha value is -2.13. The van der Waals surface area contributed by atoms with Crippen molar-refractivity contribution in [3.63, 3.8) is 0 Å². The standard InChI is InChI=1S/C15H15F3N4O2.ClH/c16-15(17,18)14-21-12(22-24-14)9-3-5-10(6-4-9)13(23)20-11-2-1-7-19-8-11;/h3-6,11,19H,1-2,7-8H2,(H,20,23);1H/t11-;/m0./s1. The fourth-order valence-electron chi connectivity index (χ4n) is 2.47. The molecule has 0 radical (unpaired) electrons. The lowest BCUT2D eigenvalue weighted by Crippen LogP contribution is -2.45. The van der Waals surface area contributed by atoms with Crippen molar-refractivity contribution in [3.8, 4) is 11.4 Å². The highest BCUT2D eigenvalue weighted by Crippen LogP contribution is 2.29. The Morgan fingerprint density at radius 2 is 2.00 bits per heavy atom. The number of nitrogens with one attached hydrogen (secondary N) is 2. The number of amides is 1. The van der Waals surface area contributed by atoms with Gasteiger partial charge in [-0.3, -0.25) is 4.79 Å². The van der Waals surface area contributed by atoms with E-state index in [-0.39, 0.29) is 30.2 Å². The number of alkyl halides is 3. The highest BCUT2D eigenvalue weighted by atomic mass is 35.5. The zero-order valence-electron chi connectivity index (χ0n) is 13.0. The number of halogens is 4. The molecule has 2 heterocycles. The molecule has 1 saturated heterocycles. The van der Waals surface area contributed by atoms with Gasteiger partial charge in [-0.05, 0) is 31.5 Å². The first-order valence-corrected chi connectivity index (χ1v) is 7.46. The zero-order chi connectivity index (χ0) is 17.2. The molecule has 1 aromatic heterocycles. The maximum Gasteiger partial charge on any atom is 0.471 e. The van der Waals surface area contributed by atoms with Crippen LogP contribution in [0.2, 0.25) is 0 Å². The van der Waals surface area contributed by atoms with Crippen molar-refractivity contribution in [2.24, 2.45) is 0 Å². The third-order valence-electron chi connectivity index (χ3n) is 3.71. The van der Waals surface area contributed by atoms with Gasteiger partial charge in [0.25, 0.3) is 5.91 Å². The molecule has 136 valence electrons. The van der Waals surface area contributed by atoms with E-state index >= 15 is 0 Å². The normalized spacial score (nSPS) is 17.6. The number of benzene rings is 1. The summed E-state index contributed by atoms with van der Waals surface area (Å²) < 4.78 is 41.6. The van der Waals surface area contributed by atoms with E-state index in [0.717, 1.165) is 25.9 Å². The van der Waals surface area contributed by atoms with Crippen LogP contribution in [-0.4, -0.2) is 35.2 Å². The molecule has 1 aromatic carbocycles. The molecule has 0 unspecified atom stereocenters. The predicted molar refractivity (Wildman–Crippen MR) is 85.3 cm³/mol. The molecule has 0 aliphatic carbocycles. The molecule has 1 fully saturated rings. The second-order valence-corrected chi connectivity index (χ2v) is 5.51. The van der Waals surface area contributed by atoms with Crippen LogP contribution < -0.4 is 10.6 Å². The Labute approximate surface area is 147 Å². The number of nitrogens with zero attached hydrogens (tertiary/aromatic N) is 2. The maximum atomic E-state index is 12.5. The summed E-state index contributed by atoms with van der Waals surface area (Å²) in [5.74, 6) is -1.80. The summed E-state index contributed by atoms with van der Waals surface area (Å²) in [6.45, 7) is 1.68. The molecular formula is C15H16ClF3N4O2. The van der Waals surface area contributed by atoms with E-state index in [1.165, 1.54) is 24.3 Å². The van der Waals surface area contributed by atoms with E-state index in [1.807, 2.05) is 0 Å². The first kappa shape index (κ1) is 19.2. The predicted octanol–water partition coefficient (Wildman–Crippen LogP) is 2.66. The third kappa shape index (κ3) is 4.70. The summed E-state index contributed by atoms with van der Waals surface area (Å²) >= 11 is 0. The quantitative estimate of drug-likeness (QED) is 0.861. The van der Waals surface area contributed by atoms with Crippen LogP contribution in [0.3, 0.4) is 0 Å². The lowest BCUT2D eigenvalue weighted by molar-refractivity contribution is -0.159. The zero-order valence-corrected chi connectivity index (χ0v) is 13.8. The van der Waals surface area contributed by atoms with Crippen molar-refractivity contribution in [1.29, 1.82) is 0 Å². The van der Waals surface area contributed by atoms with E-state index in [9.17, 15) is 18.0 Å². The van der Waals surface area contributed by atoms with E-state index in [2.05, 4.69) is 25.3 Å². The minimum Gasteiger partial charge on any atom is -0.348 e. The van der Waals surface area contributed by atoms with Gasteiger partial charge in [0.05, 0.1) is 0 Å². The van der Waals surface area contributed by atoms with Crippen molar-refractivity contribution in [3.05, 3.63) is 35.7 Å². The maximum absolute atomic E-state index is 12.5. The fourth-order valence-corrected chi connectivity index (χ4v) is 2.47. The number of piperidine rings is 1. The van der Waals surface area contributed by atoms with Gasteiger partial charge in [-0.15, -0.1) is 12.4 Å². The highest BCUT2D eigenvalue weighted by Gasteiger charge is 2.38. The van der Waals surface area contributed by atoms with Crippen LogP contribution in [0.25, 0.3) is 11.4 Å². The Bertz CT molecular complexity index is 712. The minimum absolute atomic E-state index is 0. The van der Waals surface area contributed by atoms with Crippen LogP contribution >= 0.6 is 12.4 Å². The largest absolute Gasteiger partial charge is 0.471 e. The molecule has 3 rings (SSSR count). The van der Waals surface area contributed by atoms with Gasteiger partial charge in [-0.25, -0.2) is 0 Å². The van der Waals surface area contributed by atoms with Crippen LogP contribution in [0, 0.1) is 0 Å². The Morgan fingerprint density at radius 3 is 2.56 bits per heavy atom. The second-order valence-electron chi connectivity index (χ2n) is 5.51. The number of hydrogen-bond acceptors (Lipinski definition) is 5. The molecule has 0 saturated carbocycles. The van der Waals surface area contributed by atoms with Gasteiger partial charge in [-0.1, -0.05) is 17.3 Å². The lowest BCUT2D eigenvalue weighted by Gasteiger charge is -2.23. The van der Waals surface area contributed by atoms with Gasteiger partial charge in [0.1, 0.15) is 0 Å². The molecular weight excluding hydrogens is 361 g/mol. The van der Waals surface area contributed by atoms with Crippen LogP contribution in [-0.2, 0) is 6.18 Å². The lowest BCUT2D eigenvalue weighted by atomic mass is 10.1. The topological polar surface area (TPSA) is 80.0 Å². The number of carbonyl (C=O) groups is 1. The minimum atomic E-state index is -4.68. The van der Waals surface area contributed by atoms with Crippen molar-refractivity contribution in [1.82, 2.24) is 20.8 Å². The molecule has 1 aliphatic heterocycles. The summed E-state index contributed by atoms with van der Waals surface area (Å²) in [7, 11) is 0. The molecule has 1 atom stereocenters. The van der Waals surface area contributed by atoms with Crippen LogP contribution in [0.4, 0.5) is 13.2 Å². The average molecular weight is 377 g/mol. The van der Waals surface area contributed by atoms with Crippen molar-refractivity contribution >= 4 is 18.3 Å². The fraction of sp³-hybridized carbons (Fsp3) is 0.400. The van der Waals surface area contributed by atoms with Crippen LogP contribution in [0.5, 0.6) is 0 Å². The summed E-state index contributed by atoms with van der Waals surface area (Å²) in [6, 6.07) is 6.09. The van der Waals surface area contributed by atoms with Crippen LogP contribution in [0.1, 0.15) is 29.1 Å². The van der Waals surface area contributed by atoms with Crippen molar-refractivity contribution < 1.29 is 22.5 Å². The number of rotatable bonds is 3. The van der Waals surface area contributed by atoms with Gasteiger partial charge in [0.15, 0.2) is 0 Å². The molecule has 10 heteroatoms. The molecule has 0 bridgehead atoms. The van der Waals surface area contributed by atoms with E-state index in [4.69, 9.17) is 0 Å². The first-order valence-electron chi connectivity index (χ1n) is 7.46. The molecule has 6 nitrogen and oxygen atoms in total. The van der Waals surface area contributed by atoms with E-state index < -0.39 is 12.1 Å². The molecule has 2 N–H and O–H groups in total. The number of aromatic nitrogens is 2. The molecule has 1 aliphatic rings. The van der Waals surface area contributed by atoms with Crippen LogP contribution in [0.15, 0.2) is 28.8 Å². The van der Waals surface area contributed by atoms with Gasteiger partial charge in [0.2, 0.25) is 5.82 Å². The summed E-state index contributed by atoms with van der Waals surface area (Å²) in [4.78, 5) is 15.5. The highest BCUT2D eigenvalue weighted by molar-refractivity contribution is 5.94. The molecule has 2 aromatic rings. The summed E-state index contributed by atoms with van der Waals surface area (Å²) in [6.07, 6.45) is -2.76. The summed E-state index contributed by atoms with van der Waals surface area (Å²) in [5, 5.41) is 9.43. The van der Waals surface area contributed by atoms with Crippen molar-refractivity contribution in [2.45, 2.75) is 25.1 Å². The second kappa shape index (κ2) is 7.83. The Kier molecular flexibility index (Phi) is 6.02. The van der Waals surface area contributed by atoms with Crippen molar-refractivity contribution in [2.75, 3.05) is 13.1 Å². The molecule has 0 spiro atoms. The third-order valence-corrected chi connectivity index (χ3v) is 3.71. The van der Waals surface area contributed by atoms with E-state index in [0.29, 0.717) is 11.1 Å². The monoisotopic (exact) mass is 376 g/mol. The average Bonchev–Trinajstić information content (AvgIpc) is 3.06. The Morgan fingerprint density at radius 1 is 1.28 bits per heavy atom. The summed E-state index contributed by atoms with van der Waals surface area (Å²) in [5.41, 5.74) is 0.758. The van der Waals surface area contributed by atoms with Gasteiger partial charge >= 0.3 is 12.1 Å². The van der Waals surface area contributed by atoms with Gasteiger partial charge in [-0.2, -0.15) is 18.2 Å². The Balaban J connectivity index is 0.00000225. The van der Waals surface area contributed by atoms with Gasteiger partial charge < -0.3 is 15.2 Å². The number of carbonyl (C=O) groups excluding carboxylic acids is 1. The molecule has 1 amide bonds. The van der Waals surface area contributed by atoms with Gasteiger partial charge in [0, 0.05) is 23.7 Å². The number of hydrogen-bond donors (Lipinski definition) is 2. The molecule has 25 heavy (non-hydrogen) atoms. The SMILES string of the molecule is Cl.O=C(N[C@H]1CCCNC1)c1ccc(-c2noc(C(F)(F)F)n2)cc1.